The number of carbonyl (C=O) groups is 1. The number of benzene rings is 1. The number of fused-ring (bicyclic) bond motifs is 2. The van der Waals surface area contributed by atoms with Gasteiger partial charge < -0.3 is 10.1 Å². The van der Waals surface area contributed by atoms with E-state index in [1.165, 1.54) is 11.9 Å². The van der Waals surface area contributed by atoms with Crippen molar-refractivity contribution in [3.05, 3.63) is 59.2 Å². The highest BCUT2D eigenvalue weighted by molar-refractivity contribution is 5.92. The Kier molecular flexibility index (Phi) is 4.38. The highest BCUT2D eigenvalue weighted by Gasteiger charge is 2.22. The van der Waals surface area contributed by atoms with Crippen LogP contribution in [0.15, 0.2) is 36.7 Å². The van der Waals surface area contributed by atoms with Crippen LogP contribution in [0.25, 0.3) is 5.78 Å². The fraction of sp³-hybridized carbons (Fsp3) is 0.368. The molecule has 7 heteroatoms. The summed E-state index contributed by atoms with van der Waals surface area (Å²) in [5, 5.41) is 7.12. The minimum absolute atomic E-state index is 0.134. The van der Waals surface area contributed by atoms with E-state index in [1.54, 1.807) is 10.6 Å². The van der Waals surface area contributed by atoms with Gasteiger partial charge in [0.2, 0.25) is 0 Å². The Morgan fingerprint density at radius 3 is 3.08 bits per heavy atom. The zero-order valence-electron chi connectivity index (χ0n) is 14.8. The van der Waals surface area contributed by atoms with Crippen LogP contribution in [0.5, 0.6) is 0 Å². The molecule has 7 nitrogen and oxygen atoms in total. The highest BCUT2D eigenvalue weighted by Crippen LogP contribution is 2.26. The molecular formula is C19H21N5O2. The van der Waals surface area contributed by atoms with Crippen LogP contribution in [0.3, 0.4) is 0 Å². The van der Waals surface area contributed by atoms with Crippen molar-refractivity contribution in [1.29, 1.82) is 0 Å². The molecule has 0 saturated heterocycles. The molecule has 1 aromatic carbocycles. The molecule has 0 fully saturated rings. The van der Waals surface area contributed by atoms with Crippen LogP contribution in [0.4, 0.5) is 0 Å². The lowest BCUT2D eigenvalue weighted by Crippen LogP contribution is -2.32. The van der Waals surface area contributed by atoms with Gasteiger partial charge in [-0.15, -0.1) is 0 Å². The molecule has 26 heavy (non-hydrogen) atoms. The van der Waals surface area contributed by atoms with Gasteiger partial charge in [-0.05, 0) is 29.5 Å². The summed E-state index contributed by atoms with van der Waals surface area (Å²) in [6.07, 6.45) is 2.22. The number of rotatable bonds is 4. The maximum atomic E-state index is 12.7. The van der Waals surface area contributed by atoms with Crippen LogP contribution >= 0.6 is 0 Å². The fourth-order valence-corrected chi connectivity index (χ4v) is 3.28. The third-order valence-electron chi connectivity index (χ3n) is 4.64. The van der Waals surface area contributed by atoms with E-state index in [0.29, 0.717) is 24.6 Å². The van der Waals surface area contributed by atoms with Gasteiger partial charge in [-0.2, -0.15) is 10.1 Å². The molecule has 0 aliphatic carbocycles. The number of hydrogen-bond acceptors (Lipinski definition) is 5. The molecule has 1 atom stereocenters. The highest BCUT2D eigenvalue weighted by atomic mass is 16.5. The molecule has 2 aromatic heterocycles. The first-order valence-corrected chi connectivity index (χ1v) is 8.82. The van der Waals surface area contributed by atoms with E-state index < -0.39 is 0 Å². The summed E-state index contributed by atoms with van der Waals surface area (Å²) in [6, 6.07) is 9.98. The minimum Gasteiger partial charge on any atom is -0.371 e. The minimum atomic E-state index is -0.232. The molecule has 1 N–H and O–H groups in total. The molecule has 3 heterocycles. The van der Waals surface area contributed by atoms with E-state index in [2.05, 4.69) is 32.5 Å². The average Bonchev–Trinajstić information content (AvgIpc) is 3.13. The van der Waals surface area contributed by atoms with Crippen LogP contribution < -0.4 is 5.32 Å². The Bertz CT molecular complexity index is 950. The molecule has 0 saturated carbocycles. The summed E-state index contributed by atoms with van der Waals surface area (Å²) in [5.41, 5.74) is 3.67. The van der Waals surface area contributed by atoms with Crippen molar-refractivity contribution < 1.29 is 9.53 Å². The number of amides is 1. The fourth-order valence-electron chi connectivity index (χ4n) is 3.28. The molecule has 4 rings (SSSR count). The SMILES string of the molecule is CC(C)c1cc(C(=O)NC[C@@H]2OCCc3ccccc32)nc2ncnn12. The predicted molar refractivity (Wildman–Crippen MR) is 96.0 cm³/mol. The van der Waals surface area contributed by atoms with E-state index >= 15 is 0 Å². The van der Waals surface area contributed by atoms with Crippen molar-refractivity contribution in [2.75, 3.05) is 13.2 Å². The van der Waals surface area contributed by atoms with Crippen molar-refractivity contribution in [3.63, 3.8) is 0 Å². The van der Waals surface area contributed by atoms with Crippen molar-refractivity contribution >= 4 is 11.7 Å². The molecule has 0 bridgehead atoms. The van der Waals surface area contributed by atoms with Crippen LogP contribution in [-0.4, -0.2) is 38.6 Å². The molecule has 0 spiro atoms. The molecule has 1 amide bonds. The van der Waals surface area contributed by atoms with Crippen LogP contribution in [0, 0.1) is 0 Å². The maximum Gasteiger partial charge on any atom is 0.270 e. The van der Waals surface area contributed by atoms with Gasteiger partial charge in [-0.1, -0.05) is 38.1 Å². The lowest BCUT2D eigenvalue weighted by Gasteiger charge is -2.26. The standard InChI is InChI=1S/C19H21N5O2/c1-12(2)16-9-15(23-19-21-11-22-24(16)19)18(25)20-10-17-14-6-4-3-5-13(14)7-8-26-17/h3-6,9,11-12,17H,7-8,10H2,1-2H3,(H,20,25)/t17-/m0/s1. The molecule has 0 unspecified atom stereocenters. The van der Waals surface area contributed by atoms with Crippen LogP contribution in [0.2, 0.25) is 0 Å². The van der Waals surface area contributed by atoms with E-state index in [1.807, 2.05) is 26.0 Å². The quantitative estimate of drug-likeness (QED) is 0.780. The Morgan fingerprint density at radius 2 is 2.23 bits per heavy atom. The Labute approximate surface area is 151 Å². The number of aromatic nitrogens is 4. The Balaban J connectivity index is 1.53. The lowest BCUT2D eigenvalue weighted by atomic mass is 9.97. The zero-order valence-corrected chi connectivity index (χ0v) is 14.8. The topological polar surface area (TPSA) is 81.4 Å². The first-order valence-electron chi connectivity index (χ1n) is 8.82. The smallest absolute Gasteiger partial charge is 0.270 e. The van der Waals surface area contributed by atoms with E-state index in [0.717, 1.165) is 17.7 Å². The number of nitrogens with one attached hydrogen (secondary N) is 1. The molecule has 3 aromatic rings. The molecule has 1 aliphatic heterocycles. The summed E-state index contributed by atoms with van der Waals surface area (Å²) in [7, 11) is 0. The summed E-state index contributed by atoms with van der Waals surface area (Å²) in [4.78, 5) is 21.1. The third kappa shape index (κ3) is 3.06. The first kappa shape index (κ1) is 16.7. The number of ether oxygens (including phenoxy) is 1. The average molecular weight is 351 g/mol. The monoisotopic (exact) mass is 351 g/mol. The van der Waals surface area contributed by atoms with E-state index in [4.69, 9.17) is 4.74 Å². The Morgan fingerprint density at radius 1 is 1.38 bits per heavy atom. The van der Waals surface area contributed by atoms with Crippen molar-refractivity contribution in [3.8, 4) is 0 Å². The van der Waals surface area contributed by atoms with Gasteiger partial charge in [0.1, 0.15) is 18.1 Å². The van der Waals surface area contributed by atoms with E-state index in [-0.39, 0.29) is 17.9 Å². The largest absolute Gasteiger partial charge is 0.371 e. The van der Waals surface area contributed by atoms with Gasteiger partial charge in [0.25, 0.3) is 11.7 Å². The van der Waals surface area contributed by atoms with Crippen LogP contribution in [0.1, 0.15) is 53.2 Å². The van der Waals surface area contributed by atoms with Crippen molar-refractivity contribution in [2.24, 2.45) is 0 Å². The van der Waals surface area contributed by atoms with Gasteiger partial charge in [0.15, 0.2) is 0 Å². The van der Waals surface area contributed by atoms with E-state index in [9.17, 15) is 4.79 Å². The Hall–Kier alpha value is -2.80. The predicted octanol–water partition coefficient (Wildman–Crippen LogP) is 2.29. The second-order valence-corrected chi connectivity index (χ2v) is 6.71. The number of nitrogens with zero attached hydrogens (tertiary/aromatic N) is 4. The lowest BCUT2D eigenvalue weighted by molar-refractivity contribution is 0.0411. The number of carbonyl (C=O) groups excluding carboxylic acids is 1. The summed E-state index contributed by atoms with van der Waals surface area (Å²) in [5.74, 6) is 0.395. The molecule has 0 radical (unpaired) electrons. The normalized spacial score (nSPS) is 16.7. The number of hydrogen-bond donors (Lipinski definition) is 1. The second kappa shape index (κ2) is 6.84. The van der Waals surface area contributed by atoms with Gasteiger partial charge in [-0.3, -0.25) is 4.79 Å². The van der Waals surface area contributed by atoms with Crippen molar-refractivity contribution in [1.82, 2.24) is 24.9 Å². The third-order valence-corrected chi connectivity index (χ3v) is 4.64. The molecule has 1 aliphatic rings. The zero-order chi connectivity index (χ0) is 18.1. The van der Waals surface area contributed by atoms with Crippen LogP contribution in [-0.2, 0) is 11.2 Å². The molecular weight excluding hydrogens is 330 g/mol. The van der Waals surface area contributed by atoms with Gasteiger partial charge >= 0.3 is 0 Å². The summed E-state index contributed by atoms with van der Waals surface area (Å²) >= 11 is 0. The molecule has 134 valence electrons. The van der Waals surface area contributed by atoms with Crippen molar-refractivity contribution in [2.45, 2.75) is 32.3 Å². The summed E-state index contributed by atoms with van der Waals surface area (Å²) < 4.78 is 7.52. The van der Waals surface area contributed by atoms with Gasteiger partial charge in [0.05, 0.1) is 12.3 Å². The maximum absolute atomic E-state index is 12.7. The first-order chi connectivity index (χ1) is 12.6. The summed E-state index contributed by atoms with van der Waals surface area (Å²) in [6.45, 7) is 5.17. The van der Waals surface area contributed by atoms with Gasteiger partial charge in [0, 0.05) is 6.54 Å². The second-order valence-electron chi connectivity index (χ2n) is 6.71. The van der Waals surface area contributed by atoms with Gasteiger partial charge in [-0.25, -0.2) is 9.50 Å².